The summed E-state index contributed by atoms with van der Waals surface area (Å²) in [6.07, 6.45) is 7.55. The van der Waals surface area contributed by atoms with Gasteiger partial charge in [-0.25, -0.2) is 0 Å². The Morgan fingerprint density at radius 2 is 1.74 bits per heavy atom. The summed E-state index contributed by atoms with van der Waals surface area (Å²) in [5.74, 6) is 1.04. The van der Waals surface area contributed by atoms with E-state index >= 15 is 0 Å². The SMILES string of the molecule is O[C@@](CO[C@H]1CN2CCC1CC2)(c1ccccc1)C1CCCC1. The molecule has 2 atom stereocenters. The summed E-state index contributed by atoms with van der Waals surface area (Å²) in [5.41, 5.74) is 0.220. The number of piperidine rings is 3. The third-order valence-corrected chi connectivity index (χ3v) is 6.42. The minimum atomic E-state index is -0.816. The van der Waals surface area contributed by atoms with Crippen molar-refractivity contribution < 1.29 is 9.84 Å². The Balaban J connectivity index is 1.49. The minimum absolute atomic E-state index is 0.314. The fraction of sp³-hybridized carbons (Fsp3) is 0.700. The third-order valence-electron chi connectivity index (χ3n) is 6.42. The number of rotatable bonds is 5. The monoisotopic (exact) mass is 315 g/mol. The molecular weight excluding hydrogens is 286 g/mol. The lowest BCUT2D eigenvalue weighted by atomic mass is 9.80. The summed E-state index contributed by atoms with van der Waals surface area (Å²) in [5, 5.41) is 11.5. The number of fused-ring (bicyclic) bond motifs is 3. The van der Waals surface area contributed by atoms with Crippen LogP contribution in [0.5, 0.6) is 0 Å². The van der Waals surface area contributed by atoms with E-state index in [2.05, 4.69) is 17.0 Å². The molecule has 3 heteroatoms. The first-order chi connectivity index (χ1) is 11.3. The molecule has 0 aromatic heterocycles. The molecule has 0 unspecified atom stereocenters. The van der Waals surface area contributed by atoms with Crippen molar-refractivity contribution in [2.45, 2.75) is 50.2 Å². The van der Waals surface area contributed by atoms with Gasteiger partial charge in [-0.3, -0.25) is 0 Å². The Labute approximate surface area is 139 Å². The van der Waals surface area contributed by atoms with Crippen molar-refractivity contribution in [3.05, 3.63) is 35.9 Å². The minimum Gasteiger partial charge on any atom is -0.382 e. The summed E-state index contributed by atoms with van der Waals surface area (Å²) < 4.78 is 6.36. The third kappa shape index (κ3) is 3.07. The van der Waals surface area contributed by atoms with Crippen LogP contribution in [0.3, 0.4) is 0 Å². The van der Waals surface area contributed by atoms with Crippen molar-refractivity contribution >= 4 is 0 Å². The first-order valence-electron chi connectivity index (χ1n) is 9.37. The van der Waals surface area contributed by atoms with Crippen molar-refractivity contribution in [3.8, 4) is 0 Å². The van der Waals surface area contributed by atoms with E-state index in [1.54, 1.807) is 0 Å². The van der Waals surface area contributed by atoms with E-state index in [0.717, 1.165) is 24.9 Å². The molecule has 3 heterocycles. The Bertz CT molecular complexity index is 506. The fourth-order valence-electron chi connectivity index (χ4n) is 4.90. The number of aliphatic hydroxyl groups is 1. The maximum Gasteiger partial charge on any atom is 0.116 e. The van der Waals surface area contributed by atoms with E-state index in [9.17, 15) is 5.11 Å². The van der Waals surface area contributed by atoms with Crippen LogP contribution in [-0.2, 0) is 10.3 Å². The first-order valence-corrected chi connectivity index (χ1v) is 9.37. The van der Waals surface area contributed by atoms with Crippen molar-refractivity contribution in [1.29, 1.82) is 0 Å². The predicted octanol–water partition coefficient (Wildman–Crippen LogP) is 3.18. The summed E-state index contributed by atoms with van der Waals surface area (Å²) in [6, 6.07) is 10.2. The average molecular weight is 315 g/mol. The van der Waals surface area contributed by atoms with E-state index < -0.39 is 5.60 Å². The first kappa shape index (κ1) is 15.6. The van der Waals surface area contributed by atoms with Gasteiger partial charge in [0.25, 0.3) is 0 Å². The van der Waals surface area contributed by atoms with Gasteiger partial charge in [-0.2, -0.15) is 0 Å². The van der Waals surface area contributed by atoms with Crippen molar-refractivity contribution in [1.82, 2.24) is 4.90 Å². The van der Waals surface area contributed by atoms with E-state index in [1.807, 2.05) is 18.2 Å². The van der Waals surface area contributed by atoms with Crippen LogP contribution in [0.25, 0.3) is 0 Å². The molecule has 0 amide bonds. The second-order valence-electron chi connectivity index (χ2n) is 7.76. The van der Waals surface area contributed by atoms with Crippen molar-refractivity contribution in [3.63, 3.8) is 0 Å². The highest BCUT2D eigenvalue weighted by molar-refractivity contribution is 5.24. The van der Waals surface area contributed by atoms with Gasteiger partial charge >= 0.3 is 0 Å². The second kappa shape index (κ2) is 6.54. The highest BCUT2D eigenvalue weighted by Gasteiger charge is 2.42. The Hall–Kier alpha value is -0.900. The largest absolute Gasteiger partial charge is 0.382 e. The Morgan fingerprint density at radius 3 is 2.35 bits per heavy atom. The summed E-state index contributed by atoms with van der Waals surface area (Å²) in [6.45, 7) is 3.98. The van der Waals surface area contributed by atoms with Gasteiger partial charge < -0.3 is 14.7 Å². The molecule has 1 aliphatic carbocycles. The Morgan fingerprint density at radius 1 is 1.04 bits per heavy atom. The van der Waals surface area contributed by atoms with Gasteiger partial charge in [-0.05, 0) is 56.2 Å². The second-order valence-corrected chi connectivity index (χ2v) is 7.76. The zero-order chi connectivity index (χ0) is 15.7. The zero-order valence-electron chi connectivity index (χ0n) is 14.0. The van der Waals surface area contributed by atoms with Crippen molar-refractivity contribution in [2.24, 2.45) is 11.8 Å². The predicted molar refractivity (Wildman–Crippen MR) is 91.2 cm³/mol. The van der Waals surface area contributed by atoms with Crippen LogP contribution in [0.1, 0.15) is 44.1 Å². The van der Waals surface area contributed by atoms with Crippen LogP contribution in [0.4, 0.5) is 0 Å². The summed E-state index contributed by atoms with van der Waals surface area (Å²) in [4.78, 5) is 2.52. The maximum atomic E-state index is 11.5. The topological polar surface area (TPSA) is 32.7 Å². The van der Waals surface area contributed by atoms with Gasteiger partial charge in [-0.15, -0.1) is 0 Å². The van der Waals surface area contributed by atoms with Crippen LogP contribution in [0.15, 0.2) is 30.3 Å². The van der Waals surface area contributed by atoms with Gasteiger partial charge in [0.15, 0.2) is 0 Å². The zero-order valence-corrected chi connectivity index (χ0v) is 14.0. The molecule has 4 fully saturated rings. The van der Waals surface area contributed by atoms with Crippen LogP contribution in [0.2, 0.25) is 0 Å². The Kier molecular flexibility index (Phi) is 4.44. The standard InChI is InChI=1S/C20H29NO2/c22-20(18-8-4-5-9-18,17-6-2-1-3-7-17)15-23-19-14-21-12-10-16(19)11-13-21/h1-3,6-7,16,18-19,22H,4-5,8-15H2/t19-,20-/m0/s1. The van der Waals surface area contributed by atoms with E-state index in [-0.39, 0.29) is 0 Å². The number of benzene rings is 1. The van der Waals surface area contributed by atoms with Gasteiger partial charge in [0.1, 0.15) is 5.60 Å². The molecule has 1 aromatic carbocycles. The molecule has 1 aromatic rings. The van der Waals surface area contributed by atoms with Crippen LogP contribution >= 0.6 is 0 Å². The average Bonchev–Trinajstić information content (AvgIpc) is 3.17. The molecule has 2 bridgehead atoms. The molecule has 3 nitrogen and oxygen atoms in total. The summed E-state index contributed by atoms with van der Waals surface area (Å²) in [7, 11) is 0. The molecule has 3 saturated heterocycles. The molecule has 3 aliphatic heterocycles. The van der Waals surface area contributed by atoms with E-state index in [4.69, 9.17) is 4.74 Å². The molecule has 126 valence electrons. The molecule has 0 spiro atoms. The quantitative estimate of drug-likeness (QED) is 0.906. The molecule has 4 aliphatic rings. The van der Waals surface area contributed by atoms with Crippen LogP contribution < -0.4 is 0 Å². The van der Waals surface area contributed by atoms with Gasteiger partial charge in [-0.1, -0.05) is 43.2 Å². The van der Waals surface area contributed by atoms with E-state index in [0.29, 0.717) is 24.5 Å². The number of hydrogen-bond donors (Lipinski definition) is 1. The maximum absolute atomic E-state index is 11.5. The molecule has 0 radical (unpaired) electrons. The lowest BCUT2D eigenvalue weighted by molar-refractivity contribution is -0.143. The van der Waals surface area contributed by atoms with Crippen LogP contribution in [0, 0.1) is 11.8 Å². The fourth-order valence-corrected chi connectivity index (χ4v) is 4.90. The smallest absolute Gasteiger partial charge is 0.116 e. The van der Waals surface area contributed by atoms with Gasteiger partial charge in [0.2, 0.25) is 0 Å². The van der Waals surface area contributed by atoms with Crippen LogP contribution in [-0.4, -0.2) is 42.4 Å². The molecule has 5 rings (SSSR count). The molecular formula is C20H29NO2. The lowest BCUT2D eigenvalue weighted by Gasteiger charge is -2.46. The van der Waals surface area contributed by atoms with E-state index in [1.165, 1.54) is 38.8 Å². The summed E-state index contributed by atoms with van der Waals surface area (Å²) >= 11 is 0. The van der Waals surface area contributed by atoms with Crippen molar-refractivity contribution in [2.75, 3.05) is 26.2 Å². The number of nitrogens with zero attached hydrogens (tertiary/aromatic N) is 1. The molecule has 1 N–H and O–H groups in total. The number of ether oxygens (including phenoxy) is 1. The van der Waals surface area contributed by atoms with Gasteiger partial charge in [0, 0.05) is 6.54 Å². The van der Waals surface area contributed by atoms with Gasteiger partial charge in [0.05, 0.1) is 12.7 Å². The highest BCUT2D eigenvalue weighted by atomic mass is 16.5. The normalized spacial score (nSPS) is 33.7. The molecule has 1 saturated carbocycles. The highest BCUT2D eigenvalue weighted by Crippen LogP contribution is 2.41. The number of hydrogen-bond acceptors (Lipinski definition) is 3. The lowest BCUT2D eigenvalue weighted by Crippen LogP contribution is -2.53. The molecule has 23 heavy (non-hydrogen) atoms.